The van der Waals surface area contributed by atoms with Crippen LogP contribution in [-0.2, 0) is 4.79 Å². The number of phenols is 1. The molecule has 0 aliphatic carbocycles. The third-order valence-electron chi connectivity index (χ3n) is 2.18. The van der Waals surface area contributed by atoms with E-state index < -0.39 is 5.97 Å². The van der Waals surface area contributed by atoms with E-state index in [1.807, 2.05) is 13.0 Å². The number of phenolic OH excluding ortho intramolecular Hbond substituents is 1. The number of hydrogen-bond acceptors (Lipinski definition) is 2. The Kier molecular flexibility index (Phi) is 3.14. The SMILES string of the molecule is C/C(=C\c1cc(C)cc(C)c1O)C(=O)O. The van der Waals surface area contributed by atoms with E-state index in [1.54, 1.807) is 13.0 Å². The Labute approximate surface area is 88.7 Å². The lowest BCUT2D eigenvalue weighted by molar-refractivity contribution is -0.132. The monoisotopic (exact) mass is 206 g/mol. The summed E-state index contributed by atoms with van der Waals surface area (Å²) in [5.74, 6) is -0.838. The van der Waals surface area contributed by atoms with Crippen molar-refractivity contribution in [2.75, 3.05) is 0 Å². The molecule has 0 saturated heterocycles. The number of benzene rings is 1. The topological polar surface area (TPSA) is 57.5 Å². The van der Waals surface area contributed by atoms with Gasteiger partial charge in [-0.15, -0.1) is 0 Å². The first kappa shape index (κ1) is 11.3. The van der Waals surface area contributed by atoms with Crippen molar-refractivity contribution in [2.24, 2.45) is 0 Å². The van der Waals surface area contributed by atoms with Crippen molar-refractivity contribution in [1.29, 1.82) is 0 Å². The summed E-state index contributed by atoms with van der Waals surface area (Å²) in [6.07, 6.45) is 1.47. The third kappa shape index (κ3) is 2.59. The summed E-state index contributed by atoms with van der Waals surface area (Å²) in [4.78, 5) is 10.6. The van der Waals surface area contributed by atoms with Crippen LogP contribution < -0.4 is 0 Å². The molecular weight excluding hydrogens is 192 g/mol. The fraction of sp³-hybridized carbons (Fsp3) is 0.250. The second-order valence-electron chi connectivity index (χ2n) is 3.65. The van der Waals surface area contributed by atoms with Gasteiger partial charge in [-0.1, -0.05) is 11.6 Å². The Hall–Kier alpha value is -1.77. The van der Waals surface area contributed by atoms with Gasteiger partial charge in [0, 0.05) is 11.1 Å². The Morgan fingerprint density at radius 3 is 2.47 bits per heavy atom. The van der Waals surface area contributed by atoms with Gasteiger partial charge in [0.15, 0.2) is 0 Å². The van der Waals surface area contributed by atoms with Crippen molar-refractivity contribution in [2.45, 2.75) is 20.8 Å². The average molecular weight is 206 g/mol. The Morgan fingerprint density at radius 1 is 1.33 bits per heavy atom. The summed E-state index contributed by atoms with van der Waals surface area (Å²) in [6.45, 7) is 5.19. The zero-order valence-corrected chi connectivity index (χ0v) is 9.03. The van der Waals surface area contributed by atoms with E-state index in [0.29, 0.717) is 5.56 Å². The van der Waals surface area contributed by atoms with Crippen LogP contribution in [0.25, 0.3) is 6.08 Å². The largest absolute Gasteiger partial charge is 0.507 e. The van der Waals surface area contributed by atoms with Gasteiger partial charge in [-0.25, -0.2) is 4.79 Å². The third-order valence-corrected chi connectivity index (χ3v) is 2.18. The van der Waals surface area contributed by atoms with E-state index in [4.69, 9.17) is 5.11 Å². The number of carbonyl (C=O) groups is 1. The quantitative estimate of drug-likeness (QED) is 0.731. The molecule has 0 atom stereocenters. The molecule has 0 saturated carbocycles. The maximum Gasteiger partial charge on any atom is 0.331 e. The van der Waals surface area contributed by atoms with Crippen LogP contribution in [0.3, 0.4) is 0 Å². The fourth-order valence-corrected chi connectivity index (χ4v) is 1.40. The molecule has 1 aromatic rings. The van der Waals surface area contributed by atoms with Crippen LogP contribution in [0.15, 0.2) is 17.7 Å². The molecule has 2 N–H and O–H groups in total. The Balaban J connectivity index is 3.26. The number of carboxylic acid groups (broad SMARTS) is 1. The highest BCUT2D eigenvalue weighted by Crippen LogP contribution is 2.25. The van der Waals surface area contributed by atoms with Gasteiger partial charge in [0.2, 0.25) is 0 Å². The highest BCUT2D eigenvalue weighted by molar-refractivity contribution is 5.92. The summed E-state index contributed by atoms with van der Waals surface area (Å²) in [5.41, 5.74) is 2.50. The van der Waals surface area contributed by atoms with Gasteiger partial charge in [-0.05, 0) is 38.5 Å². The predicted octanol–water partition coefficient (Wildman–Crippen LogP) is 2.50. The van der Waals surface area contributed by atoms with E-state index in [9.17, 15) is 9.90 Å². The van der Waals surface area contributed by atoms with E-state index in [2.05, 4.69) is 0 Å². The van der Waals surface area contributed by atoms with Crippen molar-refractivity contribution in [3.63, 3.8) is 0 Å². The zero-order valence-electron chi connectivity index (χ0n) is 9.03. The van der Waals surface area contributed by atoms with Gasteiger partial charge in [0.1, 0.15) is 5.75 Å². The highest BCUT2D eigenvalue weighted by Gasteiger charge is 2.06. The van der Waals surface area contributed by atoms with Gasteiger partial charge in [-0.3, -0.25) is 0 Å². The fourth-order valence-electron chi connectivity index (χ4n) is 1.40. The van der Waals surface area contributed by atoms with Crippen LogP contribution in [0.4, 0.5) is 0 Å². The predicted molar refractivity (Wildman–Crippen MR) is 58.9 cm³/mol. The Morgan fingerprint density at radius 2 is 1.93 bits per heavy atom. The standard InChI is InChI=1S/C12H14O3/c1-7-4-8(2)11(13)10(5-7)6-9(3)12(14)15/h4-6,13H,1-3H3,(H,14,15)/b9-6+. The summed E-state index contributed by atoms with van der Waals surface area (Å²) in [7, 11) is 0. The second kappa shape index (κ2) is 4.17. The lowest BCUT2D eigenvalue weighted by Gasteiger charge is -2.05. The van der Waals surface area contributed by atoms with Crippen LogP contribution in [-0.4, -0.2) is 16.2 Å². The van der Waals surface area contributed by atoms with Crippen molar-refractivity contribution >= 4 is 12.0 Å². The van der Waals surface area contributed by atoms with Crippen molar-refractivity contribution in [3.05, 3.63) is 34.4 Å². The molecule has 0 aromatic heterocycles. The van der Waals surface area contributed by atoms with Crippen LogP contribution in [0.5, 0.6) is 5.75 Å². The molecule has 80 valence electrons. The lowest BCUT2D eigenvalue weighted by Crippen LogP contribution is -1.96. The first-order valence-electron chi connectivity index (χ1n) is 4.63. The van der Waals surface area contributed by atoms with Crippen LogP contribution in [0, 0.1) is 13.8 Å². The molecule has 0 spiro atoms. The molecule has 0 aliphatic rings. The summed E-state index contributed by atoms with van der Waals surface area (Å²) >= 11 is 0. The molecular formula is C12H14O3. The zero-order chi connectivity index (χ0) is 11.6. The lowest BCUT2D eigenvalue weighted by atomic mass is 10.0. The molecule has 3 heteroatoms. The van der Waals surface area contributed by atoms with Crippen molar-refractivity contribution in [3.8, 4) is 5.75 Å². The minimum atomic E-state index is -0.978. The number of aryl methyl sites for hydroxylation is 2. The van der Waals surface area contributed by atoms with Gasteiger partial charge in [0.05, 0.1) is 0 Å². The van der Waals surface area contributed by atoms with Gasteiger partial charge < -0.3 is 10.2 Å². The molecule has 0 fully saturated rings. The maximum absolute atomic E-state index is 10.6. The number of aliphatic carboxylic acids is 1. The number of hydrogen-bond donors (Lipinski definition) is 2. The molecule has 1 aromatic carbocycles. The van der Waals surface area contributed by atoms with E-state index >= 15 is 0 Å². The Bertz CT molecular complexity index is 431. The van der Waals surface area contributed by atoms with Gasteiger partial charge in [-0.2, -0.15) is 0 Å². The van der Waals surface area contributed by atoms with E-state index in [0.717, 1.165) is 11.1 Å². The highest BCUT2D eigenvalue weighted by atomic mass is 16.4. The van der Waals surface area contributed by atoms with Gasteiger partial charge in [0.25, 0.3) is 0 Å². The molecule has 0 bridgehead atoms. The van der Waals surface area contributed by atoms with Crippen molar-refractivity contribution < 1.29 is 15.0 Å². The number of aromatic hydroxyl groups is 1. The smallest absolute Gasteiger partial charge is 0.331 e. The van der Waals surface area contributed by atoms with E-state index in [1.165, 1.54) is 13.0 Å². The maximum atomic E-state index is 10.6. The first-order chi connectivity index (χ1) is 6.91. The summed E-state index contributed by atoms with van der Waals surface area (Å²) < 4.78 is 0. The van der Waals surface area contributed by atoms with Crippen molar-refractivity contribution in [1.82, 2.24) is 0 Å². The van der Waals surface area contributed by atoms with Crippen LogP contribution in [0.2, 0.25) is 0 Å². The molecule has 0 amide bonds. The molecule has 0 radical (unpaired) electrons. The number of rotatable bonds is 2. The molecule has 3 nitrogen and oxygen atoms in total. The first-order valence-corrected chi connectivity index (χ1v) is 4.63. The molecule has 1 rings (SSSR count). The molecule has 0 heterocycles. The molecule has 0 aliphatic heterocycles. The summed E-state index contributed by atoms with van der Waals surface area (Å²) in [5, 5.41) is 18.4. The molecule has 15 heavy (non-hydrogen) atoms. The van der Waals surface area contributed by atoms with Crippen LogP contribution in [0.1, 0.15) is 23.6 Å². The number of carboxylic acids is 1. The van der Waals surface area contributed by atoms with E-state index in [-0.39, 0.29) is 11.3 Å². The van der Waals surface area contributed by atoms with Crippen LogP contribution >= 0.6 is 0 Å². The second-order valence-corrected chi connectivity index (χ2v) is 3.65. The summed E-state index contributed by atoms with van der Waals surface area (Å²) in [6, 6.07) is 3.61. The average Bonchev–Trinajstić information content (AvgIpc) is 2.13. The molecule has 0 unspecified atom stereocenters. The minimum absolute atomic E-state index is 0.140. The normalized spacial score (nSPS) is 11.5. The van der Waals surface area contributed by atoms with Gasteiger partial charge >= 0.3 is 5.97 Å². The minimum Gasteiger partial charge on any atom is -0.507 e.